The number of hydrogen-bond donors (Lipinski definition) is 3. The molecule has 0 aromatic heterocycles. The fourth-order valence-corrected chi connectivity index (χ4v) is 0.292. The number of oxime groups is 2. The summed E-state index contributed by atoms with van der Waals surface area (Å²) in [5.74, 6) is -1.94. The second kappa shape index (κ2) is 15.5. The number of aliphatic carboxylic acids is 2. The van der Waals surface area contributed by atoms with E-state index in [1.165, 1.54) is 0 Å². The van der Waals surface area contributed by atoms with Crippen molar-refractivity contribution in [1.29, 1.82) is 0 Å². The summed E-state index contributed by atoms with van der Waals surface area (Å²) in [7, 11) is 0. The van der Waals surface area contributed by atoms with Crippen LogP contribution in [0.5, 0.6) is 0 Å². The maximum atomic E-state index is 9.70. The molecule has 20 heavy (non-hydrogen) atoms. The lowest BCUT2D eigenvalue weighted by Crippen LogP contribution is -2.03. The van der Waals surface area contributed by atoms with E-state index in [9.17, 15) is 9.59 Å². The van der Waals surface area contributed by atoms with Crippen LogP contribution in [-0.2, 0) is 14.0 Å². The summed E-state index contributed by atoms with van der Waals surface area (Å²) in [4.78, 5) is 19.4. The van der Waals surface area contributed by atoms with Gasteiger partial charge in [-0.3, -0.25) is 14.0 Å². The molecule has 8 nitrogen and oxygen atoms in total. The van der Waals surface area contributed by atoms with Crippen LogP contribution in [-0.4, -0.2) is 38.7 Å². The minimum atomic E-state index is -0.741. The van der Waals surface area contributed by atoms with E-state index in [0.717, 1.165) is 6.21 Å². The van der Waals surface area contributed by atoms with E-state index in [4.69, 9.17) is 27.0 Å². The van der Waals surface area contributed by atoms with Crippen molar-refractivity contribution >= 4 is 46.8 Å². The summed E-state index contributed by atoms with van der Waals surface area (Å²) < 4.78 is 3.68. The molecule has 0 atom stereocenters. The molecule has 0 bridgehead atoms. The number of carbonyl (C=O) groups is 2. The summed E-state index contributed by atoms with van der Waals surface area (Å²) in [6.45, 7) is 6.56. The Balaban J connectivity index is -0.000000221. The Morgan fingerprint density at radius 2 is 1.40 bits per heavy atom. The lowest BCUT2D eigenvalue weighted by atomic mass is 10.2. The van der Waals surface area contributed by atoms with Crippen molar-refractivity contribution in [2.24, 2.45) is 22.1 Å². The van der Waals surface area contributed by atoms with Crippen LogP contribution in [0.25, 0.3) is 0 Å². The summed E-state index contributed by atoms with van der Waals surface area (Å²) >= 11 is 9.73. The van der Waals surface area contributed by atoms with E-state index < -0.39 is 11.9 Å². The number of carboxylic acids is 2. The Kier molecular flexibility index (Phi) is 18.3. The van der Waals surface area contributed by atoms with Crippen molar-refractivity contribution in [3.05, 3.63) is 0 Å². The molecule has 118 valence electrons. The van der Waals surface area contributed by atoms with Crippen LogP contribution < -0.4 is 0 Å². The Morgan fingerprint density at radius 3 is 1.55 bits per heavy atom. The monoisotopic (exact) mass is 332 g/mol. The molecular weight excluding hydrogens is 315 g/mol. The van der Waals surface area contributed by atoms with E-state index in [0.29, 0.717) is 0 Å². The van der Waals surface area contributed by atoms with Crippen LogP contribution in [0.15, 0.2) is 10.3 Å². The van der Waals surface area contributed by atoms with Gasteiger partial charge in [0.05, 0.1) is 11.8 Å². The zero-order valence-corrected chi connectivity index (χ0v) is 13.0. The molecule has 0 radical (unpaired) electrons. The number of nitrogens with zero attached hydrogens (tertiary/aromatic N) is 2. The average Bonchev–Trinajstić information content (AvgIpc) is 2.30. The largest absolute Gasteiger partial charge is 0.481 e. The zero-order valence-electron chi connectivity index (χ0n) is 11.4. The normalized spacial score (nSPS) is 10.5. The van der Waals surface area contributed by atoms with Gasteiger partial charge in [0.25, 0.3) is 0 Å². The van der Waals surface area contributed by atoms with Crippen LogP contribution >= 0.6 is 23.5 Å². The molecule has 0 saturated carbocycles. The second-order valence-corrected chi connectivity index (χ2v) is 4.24. The Bertz CT molecular complexity index is 314. The molecule has 3 N–H and O–H groups in total. The molecule has 0 saturated heterocycles. The van der Waals surface area contributed by atoms with Gasteiger partial charge in [-0.1, -0.05) is 44.5 Å². The van der Waals surface area contributed by atoms with Crippen molar-refractivity contribution in [2.75, 3.05) is 0 Å². The van der Waals surface area contributed by atoms with Gasteiger partial charge in [0.1, 0.15) is 6.21 Å². The van der Waals surface area contributed by atoms with Crippen LogP contribution in [0.3, 0.4) is 0 Å². The Hall–Kier alpha value is -1.54. The van der Waals surface area contributed by atoms with Gasteiger partial charge in [0.2, 0.25) is 0 Å². The minimum absolute atomic E-state index is 0.137. The number of halogens is 2. The van der Waals surface area contributed by atoms with Crippen molar-refractivity contribution in [2.45, 2.75) is 27.7 Å². The van der Waals surface area contributed by atoms with E-state index >= 15 is 0 Å². The first-order chi connectivity index (χ1) is 9.09. The highest BCUT2D eigenvalue weighted by Crippen LogP contribution is 1.87. The summed E-state index contributed by atoms with van der Waals surface area (Å²) in [6.07, 6.45) is 0.865. The molecule has 0 amide bonds. The molecule has 0 unspecified atom stereocenters. The first-order valence-corrected chi connectivity index (χ1v) is 5.93. The lowest BCUT2D eigenvalue weighted by Gasteiger charge is -1.89. The minimum Gasteiger partial charge on any atom is -0.481 e. The standard InChI is InChI=1S/2C4H8O2.C2H2Cl2N2O2/c2*1-3(2)4(5)6;3-2(1-5-7)6-8-4/h2*3H,1-2H3,(H,5,6);1,7H. The fraction of sp³-hybridized carbons (Fsp3) is 0.600. The van der Waals surface area contributed by atoms with E-state index in [1.807, 2.05) is 0 Å². The maximum Gasteiger partial charge on any atom is 0.305 e. The molecule has 0 rings (SSSR count). The number of carboxylic acid groups (broad SMARTS) is 2. The number of hydrogen-bond acceptors (Lipinski definition) is 6. The zero-order chi connectivity index (χ0) is 16.7. The molecule has 0 aromatic rings. The highest BCUT2D eigenvalue weighted by molar-refractivity contribution is 6.79. The third-order valence-corrected chi connectivity index (χ3v) is 1.51. The highest BCUT2D eigenvalue weighted by atomic mass is 35.5. The number of rotatable bonds is 4. The van der Waals surface area contributed by atoms with Gasteiger partial charge in [0.15, 0.2) is 17.0 Å². The van der Waals surface area contributed by atoms with E-state index in [1.54, 1.807) is 27.7 Å². The van der Waals surface area contributed by atoms with Crippen molar-refractivity contribution in [1.82, 2.24) is 0 Å². The molecule has 0 aliphatic heterocycles. The van der Waals surface area contributed by atoms with Crippen LogP contribution in [0.4, 0.5) is 0 Å². The smallest absolute Gasteiger partial charge is 0.305 e. The first-order valence-electron chi connectivity index (χ1n) is 5.24. The highest BCUT2D eigenvalue weighted by Gasteiger charge is 1.99. The Morgan fingerprint density at radius 1 is 1.10 bits per heavy atom. The van der Waals surface area contributed by atoms with Crippen molar-refractivity contribution < 1.29 is 29.4 Å². The van der Waals surface area contributed by atoms with E-state index in [-0.39, 0.29) is 17.0 Å². The molecular formula is C10H18Cl2N2O6. The summed E-state index contributed by atoms with van der Waals surface area (Å²) in [6, 6.07) is 0. The topological polar surface area (TPSA) is 129 Å². The summed E-state index contributed by atoms with van der Waals surface area (Å²) in [5, 5.41) is 29.1. The molecule has 0 heterocycles. The van der Waals surface area contributed by atoms with Gasteiger partial charge >= 0.3 is 11.9 Å². The predicted octanol–water partition coefficient (Wildman–Crippen LogP) is 2.62. The van der Waals surface area contributed by atoms with Gasteiger partial charge in [-0.2, -0.15) is 0 Å². The van der Waals surface area contributed by atoms with Gasteiger partial charge in [0, 0.05) is 0 Å². The summed E-state index contributed by atoms with van der Waals surface area (Å²) in [5.41, 5.74) is 0. The van der Waals surface area contributed by atoms with Gasteiger partial charge in [-0.25, -0.2) is 0 Å². The average molecular weight is 333 g/mol. The predicted molar refractivity (Wildman–Crippen MR) is 75.5 cm³/mol. The second-order valence-electron chi connectivity index (χ2n) is 3.71. The molecule has 10 heteroatoms. The van der Waals surface area contributed by atoms with Crippen LogP contribution in [0.1, 0.15) is 27.7 Å². The quantitative estimate of drug-likeness (QED) is 0.412. The maximum absolute atomic E-state index is 9.70. The van der Waals surface area contributed by atoms with Gasteiger partial charge < -0.3 is 15.4 Å². The lowest BCUT2D eigenvalue weighted by molar-refractivity contribution is -0.141. The molecule has 0 aliphatic rings. The molecule has 0 spiro atoms. The van der Waals surface area contributed by atoms with Crippen LogP contribution in [0.2, 0.25) is 0 Å². The first kappa shape index (κ1) is 23.5. The van der Waals surface area contributed by atoms with Gasteiger partial charge in [-0.15, -0.1) is 0 Å². The third kappa shape index (κ3) is 25.3. The van der Waals surface area contributed by atoms with Gasteiger partial charge in [-0.05, 0) is 5.16 Å². The molecule has 0 aromatic carbocycles. The Labute approximate surface area is 126 Å². The molecule has 0 fully saturated rings. The SMILES string of the molecule is CC(C)C(=O)O.CC(C)C(=O)O.ON=CC(Cl)=NOCl. The van der Waals surface area contributed by atoms with E-state index in [2.05, 4.69) is 26.6 Å². The third-order valence-electron chi connectivity index (χ3n) is 1.27. The van der Waals surface area contributed by atoms with Crippen LogP contribution in [0, 0.1) is 11.8 Å². The fourth-order valence-electron chi connectivity index (χ4n) is 0.104. The molecule has 0 aliphatic carbocycles. The van der Waals surface area contributed by atoms with Crippen molar-refractivity contribution in [3.63, 3.8) is 0 Å². The van der Waals surface area contributed by atoms with Crippen molar-refractivity contribution in [3.8, 4) is 0 Å².